The zero-order valence-electron chi connectivity index (χ0n) is 8.21. The predicted molar refractivity (Wildman–Crippen MR) is 60.5 cm³/mol. The molecule has 0 atom stereocenters. The summed E-state index contributed by atoms with van der Waals surface area (Å²) in [6.07, 6.45) is 2.61. The topological polar surface area (TPSA) is 16.1 Å². The molecule has 0 saturated carbocycles. The van der Waals surface area contributed by atoms with E-state index in [1.54, 1.807) is 12.3 Å². The first-order valence-electron chi connectivity index (χ1n) is 4.71. The van der Waals surface area contributed by atoms with Gasteiger partial charge in [0.25, 0.3) is 0 Å². The molecule has 0 amide bonds. The zero-order valence-corrected chi connectivity index (χ0v) is 9.80. The summed E-state index contributed by atoms with van der Waals surface area (Å²) in [4.78, 5) is 5.99. The average Bonchev–Trinajstić information content (AvgIpc) is 2.18. The lowest BCUT2D eigenvalue weighted by Crippen LogP contribution is -2.27. The number of aromatic nitrogens is 1. The van der Waals surface area contributed by atoms with Crippen LogP contribution in [0.3, 0.4) is 0 Å². The van der Waals surface area contributed by atoms with Gasteiger partial charge in [0, 0.05) is 24.6 Å². The maximum atomic E-state index is 13.4. The van der Waals surface area contributed by atoms with Gasteiger partial charge in [-0.25, -0.2) is 9.37 Å². The van der Waals surface area contributed by atoms with E-state index in [-0.39, 0.29) is 5.82 Å². The molecule has 0 aliphatic rings. The SMILES string of the molecule is CCCN(CCBr)c1ncccc1F. The van der Waals surface area contributed by atoms with Crippen molar-refractivity contribution in [2.24, 2.45) is 0 Å². The third-order valence-electron chi connectivity index (χ3n) is 1.89. The Kier molecular flexibility index (Phi) is 4.87. The molecule has 0 spiro atoms. The molecule has 14 heavy (non-hydrogen) atoms. The summed E-state index contributed by atoms with van der Waals surface area (Å²) in [5.74, 6) is 0.204. The molecular formula is C10H14BrFN2. The molecule has 4 heteroatoms. The standard InChI is InChI=1S/C10H14BrFN2/c1-2-7-14(8-5-11)10-9(12)4-3-6-13-10/h3-4,6H,2,5,7-8H2,1H3. The van der Waals surface area contributed by atoms with Crippen molar-refractivity contribution in [3.8, 4) is 0 Å². The van der Waals surface area contributed by atoms with Gasteiger partial charge in [0.1, 0.15) is 0 Å². The van der Waals surface area contributed by atoms with E-state index >= 15 is 0 Å². The summed E-state index contributed by atoms with van der Waals surface area (Å²) in [6.45, 7) is 3.68. The zero-order chi connectivity index (χ0) is 10.4. The fourth-order valence-electron chi connectivity index (χ4n) is 1.31. The molecule has 0 unspecified atom stereocenters. The summed E-state index contributed by atoms with van der Waals surface area (Å²) in [7, 11) is 0. The van der Waals surface area contributed by atoms with Crippen molar-refractivity contribution in [3.63, 3.8) is 0 Å². The van der Waals surface area contributed by atoms with Crippen molar-refractivity contribution >= 4 is 21.7 Å². The highest BCUT2D eigenvalue weighted by Crippen LogP contribution is 2.15. The molecule has 0 fully saturated rings. The van der Waals surface area contributed by atoms with E-state index in [0.29, 0.717) is 5.82 Å². The second-order valence-electron chi connectivity index (χ2n) is 2.98. The second kappa shape index (κ2) is 5.96. The van der Waals surface area contributed by atoms with Crippen molar-refractivity contribution in [3.05, 3.63) is 24.1 Å². The number of hydrogen-bond acceptors (Lipinski definition) is 2. The highest BCUT2D eigenvalue weighted by atomic mass is 79.9. The Morgan fingerprint density at radius 3 is 2.86 bits per heavy atom. The Balaban J connectivity index is 2.81. The summed E-state index contributed by atoms with van der Waals surface area (Å²) >= 11 is 3.35. The van der Waals surface area contributed by atoms with Crippen LogP contribution >= 0.6 is 15.9 Å². The van der Waals surface area contributed by atoms with Gasteiger partial charge in [0.15, 0.2) is 11.6 Å². The van der Waals surface area contributed by atoms with Gasteiger partial charge in [-0.15, -0.1) is 0 Å². The lowest BCUT2D eigenvalue weighted by atomic mass is 10.3. The Morgan fingerprint density at radius 2 is 2.29 bits per heavy atom. The van der Waals surface area contributed by atoms with Gasteiger partial charge in [-0.1, -0.05) is 22.9 Å². The normalized spacial score (nSPS) is 10.2. The van der Waals surface area contributed by atoms with Crippen LogP contribution in [0.2, 0.25) is 0 Å². The summed E-state index contributed by atoms with van der Waals surface area (Å²) < 4.78 is 13.4. The Morgan fingerprint density at radius 1 is 1.50 bits per heavy atom. The molecule has 0 aromatic carbocycles. The first kappa shape index (κ1) is 11.4. The lowest BCUT2D eigenvalue weighted by Gasteiger charge is -2.22. The number of alkyl halides is 1. The molecule has 2 nitrogen and oxygen atoms in total. The molecule has 1 heterocycles. The quantitative estimate of drug-likeness (QED) is 0.758. The number of pyridine rings is 1. The summed E-state index contributed by atoms with van der Waals surface area (Å²) in [5, 5.41) is 0.822. The Labute approximate surface area is 92.3 Å². The maximum Gasteiger partial charge on any atom is 0.165 e. The fourth-order valence-corrected chi connectivity index (χ4v) is 1.73. The van der Waals surface area contributed by atoms with Gasteiger partial charge < -0.3 is 4.90 Å². The maximum absolute atomic E-state index is 13.4. The second-order valence-corrected chi connectivity index (χ2v) is 3.78. The van der Waals surface area contributed by atoms with Crippen LogP contribution in [0.25, 0.3) is 0 Å². The lowest BCUT2D eigenvalue weighted by molar-refractivity contribution is 0.609. The smallest absolute Gasteiger partial charge is 0.165 e. The highest BCUT2D eigenvalue weighted by Gasteiger charge is 2.10. The van der Waals surface area contributed by atoms with Crippen molar-refractivity contribution in [1.82, 2.24) is 4.98 Å². The number of rotatable bonds is 5. The van der Waals surface area contributed by atoms with E-state index in [1.165, 1.54) is 6.07 Å². The molecule has 0 N–H and O–H groups in total. The molecule has 78 valence electrons. The molecule has 0 aliphatic carbocycles. The molecular weight excluding hydrogens is 247 g/mol. The van der Waals surface area contributed by atoms with Crippen molar-refractivity contribution in [1.29, 1.82) is 0 Å². The van der Waals surface area contributed by atoms with Crippen LogP contribution in [0.1, 0.15) is 13.3 Å². The van der Waals surface area contributed by atoms with Crippen molar-refractivity contribution in [2.45, 2.75) is 13.3 Å². The molecule has 0 bridgehead atoms. The van der Waals surface area contributed by atoms with Crippen LogP contribution in [0.5, 0.6) is 0 Å². The van der Waals surface area contributed by atoms with Crippen molar-refractivity contribution in [2.75, 3.05) is 23.3 Å². The number of halogens is 2. The highest BCUT2D eigenvalue weighted by molar-refractivity contribution is 9.09. The van der Waals surface area contributed by atoms with E-state index < -0.39 is 0 Å². The van der Waals surface area contributed by atoms with Crippen LogP contribution in [-0.4, -0.2) is 23.4 Å². The number of anilines is 1. The van der Waals surface area contributed by atoms with E-state index in [9.17, 15) is 4.39 Å². The molecule has 0 aliphatic heterocycles. The Hall–Kier alpha value is -0.640. The van der Waals surface area contributed by atoms with Crippen LogP contribution in [0.4, 0.5) is 10.2 Å². The molecule has 0 radical (unpaired) electrons. The van der Waals surface area contributed by atoms with Crippen LogP contribution < -0.4 is 4.90 Å². The minimum absolute atomic E-state index is 0.248. The van der Waals surface area contributed by atoms with Gasteiger partial charge in [-0.3, -0.25) is 0 Å². The van der Waals surface area contributed by atoms with E-state index in [1.807, 2.05) is 4.90 Å². The molecule has 0 saturated heterocycles. The van der Waals surface area contributed by atoms with Gasteiger partial charge in [0.05, 0.1) is 0 Å². The molecule has 1 aromatic rings. The number of hydrogen-bond donors (Lipinski definition) is 0. The third-order valence-corrected chi connectivity index (χ3v) is 2.24. The van der Waals surface area contributed by atoms with Crippen LogP contribution in [0.15, 0.2) is 18.3 Å². The minimum atomic E-state index is -0.248. The van der Waals surface area contributed by atoms with Gasteiger partial charge in [-0.05, 0) is 18.6 Å². The predicted octanol–water partition coefficient (Wildman–Crippen LogP) is 2.83. The van der Waals surface area contributed by atoms with Gasteiger partial charge in [-0.2, -0.15) is 0 Å². The average molecular weight is 261 g/mol. The van der Waals surface area contributed by atoms with Gasteiger partial charge >= 0.3 is 0 Å². The van der Waals surface area contributed by atoms with E-state index in [0.717, 1.165) is 24.8 Å². The Bertz CT molecular complexity index is 275. The summed E-state index contributed by atoms with van der Waals surface area (Å²) in [5.41, 5.74) is 0. The van der Waals surface area contributed by atoms with Crippen molar-refractivity contribution < 1.29 is 4.39 Å². The first-order valence-corrected chi connectivity index (χ1v) is 5.83. The molecule has 1 aromatic heterocycles. The van der Waals surface area contributed by atoms with Crippen LogP contribution in [-0.2, 0) is 0 Å². The van der Waals surface area contributed by atoms with E-state index in [2.05, 4.69) is 27.8 Å². The van der Waals surface area contributed by atoms with Crippen LogP contribution in [0, 0.1) is 5.82 Å². The van der Waals surface area contributed by atoms with E-state index in [4.69, 9.17) is 0 Å². The van der Waals surface area contributed by atoms with Gasteiger partial charge in [0.2, 0.25) is 0 Å². The molecule has 1 rings (SSSR count). The monoisotopic (exact) mass is 260 g/mol. The third kappa shape index (κ3) is 2.94. The number of nitrogens with zero attached hydrogens (tertiary/aromatic N) is 2. The first-order chi connectivity index (χ1) is 6.79. The minimum Gasteiger partial charge on any atom is -0.353 e. The summed E-state index contributed by atoms with van der Waals surface area (Å²) in [6, 6.07) is 3.05. The largest absolute Gasteiger partial charge is 0.353 e. The fraction of sp³-hybridized carbons (Fsp3) is 0.500.